The fourth-order valence-electron chi connectivity index (χ4n) is 4.68. The molecule has 0 aromatic carbocycles. The number of nitriles is 1. The number of Topliss-reactive ketones (excluding diaryl/α,β-unsaturated/α-hetero) is 1. The third-order valence-electron chi connectivity index (χ3n) is 6.59. The number of ketones is 1. The number of fused-ring (bicyclic) bond motifs is 1. The van der Waals surface area contributed by atoms with Crippen LogP contribution in [-0.4, -0.2) is 68.4 Å². The van der Waals surface area contributed by atoms with Crippen LogP contribution in [0.25, 0.3) is 16.6 Å². The Kier molecular flexibility index (Phi) is 7.28. The molecule has 10 heteroatoms. The monoisotopic (exact) mass is 525 g/mol. The fraction of sp³-hybridized carbons (Fsp3) is 0.345. The summed E-state index contributed by atoms with van der Waals surface area (Å²) in [6.45, 7) is 7.36. The van der Waals surface area contributed by atoms with Crippen LogP contribution in [0.5, 0.6) is 5.75 Å². The van der Waals surface area contributed by atoms with Crippen molar-refractivity contribution in [1.82, 2.24) is 24.9 Å². The lowest BCUT2D eigenvalue weighted by molar-refractivity contribution is 0.0283. The number of hydrogen-bond donors (Lipinski definition) is 2. The van der Waals surface area contributed by atoms with E-state index in [1.807, 2.05) is 42.2 Å². The zero-order chi connectivity index (χ0) is 27.6. The van der Waals surface area contributed by atoms with Gasteiger partial charge >= 0.3 is 0 Å². The largest absolute Gasteiger partial charge is 0.489 e. The van der Waals surface area contributed by atoms with E-state index in [0.717, 1.165) is 29.7 Å². The van der Waals surface area contributed by atoms with Gasteiger partial charge in [-0.25, -0.2) is 9.50 Å². The smallest absolute Gasteiger partial charge is 0.204 e. The summed E-state index contributed by atoms with van der Waals surface area (Å²) in [6.07, 6.45) is 7.48. The minimum atomic E-state index is -1.01. The minimum Gasteiger partial charge on any atom is -0.489 e. The van der Waals surface area contributed by atoms with E-state index in [1.54, 1.807) is 37.0 Å². The molecule has 0 radical (unpaired) electrons. The average Bonchev–Trinajstić information content (AvgIpc) is 3.18. The lowest BCUT2D eigenvalue weighted by atomic mass is 10.0. The highest BCUT2D eigenvalue weighted by Gasteiger charge is 2.30. The van der Waals surface area contributed by atoms with Crippen LogP contribution in [0.4, 0.5) is 5.82 Å². The van der Waals surface area contributed by atoms with Crippen LogP contribution in [0, 0.1) is 18.3 Å². The summed E-state index contributed by atoms with van der Waals surface area (Å²) in [4.78, 5) is 24.6. The van der Waals surface area contributed by atoms with Crippen molar-refractivity contribution >= 4 is 17.1 Å². The molecule has 5 heterocycles. The second kappa shape index (κ2) is 10.8. The molecule has 200 valence electrons. The Balaban J connectivity index is 1.50. The molecular formula is C29H31N7O3. The zero-order valence-electron chi connectivity index (χ0n) is 22.3. The van der Waals surface area contributed by atoms with E-state index in [0.29, 0.717) is 41.4 Å². The van der Waals surface area contributed by atoms with E-state index in [4.69, 9.17) is 9.72 Å². The molecule has 5 rings (SSSR count). The number of aromatic nitrogens is 4. The summed E-state index contributed by atoms with van der Waals surface area (Å²) in [6, 6.07) is 11.1. The lowest BCUT2D eigenvalue weighted by Crippen LogP contribution is -2.46. The standard InChI is InChI=1S/C29H31N7O3/c1-19-7-9-32-24(11-19)28(37)25-16-31-8-4-10-35(25)26-6-5-20(14-33-26)23-12-22(39-18-29(2,3)38)17-36-27(23)21(13-30)15-34-36/h5-7,9,11-12,14-15,17,25,31,38H,4,8,10,16,18H2,1-3H3. The number of nitrogens with one attached hydrogen (secondary N) is 1. The van der Waals surface area contributed by atoms with E-state index in [-0.39, 0.29) is 12.4 Å². The molecule has 0 spiro atoms. The number of carbonyl (C=O) groups is 1. The first kappa shape index (κ1) is 26.3. The number of pyridine rings is 3. The third kappa shape index (κ3) is 5.74. The van der Waals surface area contributed by atoms with Crippen LogP contribution in [0.3, 0.4) is 0 Å². The maximum atomic E-state index is 13.5. The molecule has 1 aliphatic rings. The van der Waals surface area contributed by atoms with Gasteiger partial charge in [-0.2, -0.15) is 10.4 Å². The Morgan fingerprint density at radius 1 is 1.26 bits per heavy atom. The molecule has 1 aliphatic heterocycles. The van der Waals surface area contributed by atoms with Gasteiger partial charge in [0.2, 0.25) is 5.78 Å². The SMILES string of the molecule is Cc1ccnc(C(=O)C2CNCCCN2c2ccc(-c3cc(OCC(C)(C)O)cn4ncc(C#N)c34)cn2)c1. The van der Waals surface area contributed by atoms with E-state index >= 15 is 0 Å². The van der Waals surface area contributed by atoms with Crippen LogP contribution in [0.2, 0.25) is 0 Å². The number of carbonyl (C=O) groups excluding carboxylic acids is 1. The van der Waals surface area contributed by atoms with Crippen LogP contribution in [0.15, 0.2) is 55.1 Å². The van der Waals surface area contributed by atoms with Gasteiger partial charge in [-0.05, 0) is 69.6 Å². The summed E-state index contributed by atoms with van der Waals surface area (Å²) in [7, 11) is 0. The molecule has 4 aromatic rings. The van der Waals surface area contributed by atoms with Gasteiger partial charge in [0.1, 0.15) is 36.0 Å². The summed E-state index contributed by atoms with van der Waals surface area (Å²) < 4.78 is 7.44. The first-order chi connectivity index (χ1) is 18.7. The van der Waals surface area contributed by atoms with Gasteiger partial charge in [0.25, 0.3) is 0 Å². The molecule has 2 N–H and O–H groups in total. The molecule has 1 saturated heterocycles. The van der Waals surface area contributed by atoms with Crippen molar-refractivity contribution in [3.05, 3.63) is 71.9 Å². The Labute approximate surface area is 226 Å². The van der Waals surface area contributed by atoms with Crippen molar-refractivity contribution in [2.75, 3.05) is 31.1 Å². The van der Waals surface area contributed by atoms with E-state index < -0.39 is 11.6 Å². The summed E-state index contributed by atoms with van der Waals surface area (Å²) in [5, 5.41) is 27.5. The van der Waals surface area contributed by atoms with Crippen LogP contribution >= 0.6 is 0 Å². The van der Waals surface area contributed by atoms with Gasteiger partial charge in [-0.15, -0.1) is 0 Å². The van der Waals surface area contributed by atoms with Gasteiger partial charge in [0.05, 0.1) is 29.1 Å². The molecular weight excluding hydrogens is 494 g/mol. The predicted molar refractivity (Wildman–Crippen MR) is 147 cm³/mol. The number of aryl methyl sites for hydroxylation is 1. The van der Waals surface area contributed by atoms with E-state index in [9.17, 15) is 15.2 Å². The first-order valence-electron chi connectivity index (χ1n) is 12.9. The van der Waals surface area contributed by atoms with Crippen LogP contribution in [0.1, 0.15) is 41.9 Å². The molecule has 0 aliphatic carbocycles. The molecule has 1 unspecified atom stereocenters. The van der Waals surface area contributed by atoms with Gasteiger partial charge in [0.15, 0.2) is 0 Å². The minimum absolute atomic E-state index is 0.0461. The van der Waals surface area contributed by atoms with E-state index in [2.05, 4.69) is 21.5 Å². The number of aliphatic hydroxyl groups is 1. The van der Waals surface area contributed by atoms with E-state index in [1.165, 1.54) is 6.20 Å². The Morgan fingerprint density at radius 3 is 2.82 bits per heavy atom. The quantitative estimate of drug-likeness (QED) is 0.350. The molecule has 4 aromatic heterocycles. The van der Waals surface area contributed by atoms with Crippen molar-refractivity contribution in [3.63, 3.8) is 0 Å². The summed E-state index contributed by atoms with van der Waals surface area (Å²) in [5.41, 5.74) is 2.99. The predicted octanol–water partition coefficient (Wildman–Crippen LogP) is 3.17. The molecule has 0 amide bonds. The number of nitrogens with zero attached hydrogens (tertiary/aromatic N) is 6. The number of ether oxygens (including phenoxy) is 1. The van der Waals surface area contributed by atoms with Crippen molar-refractivity contribution < 1.29 is 14.6 Å². The van der Waals surface area contributed by atoms with Crippen molar-refractivity contribution in [3.8, 4) is 22.9 Å². The Hall–Kier alpha value is -4.33. The van der Waals surface area contributed by atoms with Crippen LogP contribution < -0.4 is 15.0 Å². The zero-order valence-corrected chi connectivity index (χ0v) is 22.3. The number of rotatable bonds is 7. The van der Waals surface area contributed by atoms with Gasteiger partial charge < -0.3 is 20.1 Å². The first-order valence-corrected chi connectivity index (χ1v) is 12.9. The van der Waals surface area contributed by atoms with Gasteiger partial charge in [0, 0.05) is 36.6 Å². The second-order valence-electron chi connectivity index (χ2n) is 10.4. The lowest BCUT2D eigenvalue weighted by Gasteiger charge is -2.29. The summed E-state index contributed by atoms with van der Waals surface area (Å²) in [5.74, 6) is 1.15. The number of anilines is 1. The topological polar surface area (TPSA) is 129 Å². The Morgan fingerprint density at radius 2 is 2.10 bits per heavy atom. The molecule has 10 nitrogen and oxygen atoms in total. The van der Waals surface area contributed by atoms with Crippen LogP contribution in [-0.2, 0) is 0 Å². The van der Waals surface area contributed by atoms with Crippen molar-refractivity contribution in [1.29, 1.82) is 5.26 Å². The van der Waals surface area contributed by atoms with Crippen molar-refractivity contribution in [2.45, 2.75) is 38.8 Å². The average molecular weight is 526 g/mol. The third-order valence-corrected chi connectivity index (χ3v) is 6.59. The second-order valence-corrected chi connectivity index (χ2v) is 10.4. The normalized spacial score (nSPS) is 16.1. The highest BCUT2D eigenvalue weighted by Crippen LogP contribution is 2.32. The molecule has 0 saturated carbocycles. The molecule has 39 heavy (non-hydrogen) atoms. The van der Waals surface area contributed by atoms with Gasteiger partial charge in [-0.3, -0.25) is 9.78 Å². The highest BCUT2D eigenvalue weighted by atomic mass is 16.5. The highest BCUT2D eigenvalue weighted by molar-refractivity contribution is 6.00. The number of hydrogen-bond acceptors (Lipinski definition) is 9. The fourth-order valence-corrected chi connectivity index (χ4v) is 4.68. The molecule has 0 bridgehead atoms. The maximum Gasteiger partial charge on any atom is 0.204 e. The van der Waals surface area contributed by atoms with Gasteiger partial charge in [-0.1, -0.05) is 0 Å². The summed E-state index contributed by atoms with van der Waals surface area (Å²) >= 11 is 0. The molecule has 1 atom stereocenters. The Bertz CT molecular complexity index is 1530. The maximum absolute atomic E-state index is 13.5. The van der Waals surface area contributed by atoms with Crippen molar-refractivity contribution in [2.24, 2.45) is 0 Å². The molecule has 1 fully saturated rings.